The number of aromatic nitrogens is 2. The highest BCUT2D eigenvalue weighted by Crippen LogP contribution is 2.23. The summed E-state index contributed by atoms with van der Waals surface area (Å²) >= 11 is 0. The van der Waals surface area contributed by atoms with Crippen molar-refractivity contribution in [1.82, 2.24) is 9.78 Å². The molecule has 0 aliphatic carbocycles. The second-order valence-electron chi connectivity index (χ2n) is 5.71. The van der Waals surface area contributed by atoms with Crippen molar-refractivity contribution in [2.24, 2.45) is 0 Å². The number of benzene rings is 2. The Labute approximate surface area is 146 Å². The van der Waals surface area contributed by atoms with Crippen molar-refractivity contribution in [2.75, 3.05) is 5.32 Å². The lowest BCUT2D eigenvalue weighted by atomic mass is 10.0. The van der Waals surface area contributed by atoms with Gasteiger partial charge in [0.15, 0.2) is 5.69 Å². The predicted molar refractivity (Wildman–Crippen MR) is 96.7 cm³/mol. The predicted octanol–water partition coefficient (Wildman–Crippen LogP) is 4.39. The minimum atomic E-state index is -0.387. The number of hydrogen-bond donors (Lipinski definition) is 1. The van der Waals surface area contributed by atoms with Gasteiger partial charge in [0.2, 0.25) is 0 Å². The third kappa shape index (κ3) is 3.45. The average molecular weight is 337 g/mol. The Morgan fingerprint density at radius 1 is 1.04 bits per heavy atom. The Bertz CT molecular complexity index is 879. The van der Waals surface area contributed by atoms with Gasteiger partial charge in [-0.05, 0) is 42.2 Å². The van der Waals surface area contributed by atoms with E-state index in [1.54, 1.807) is 30.5 Å². The number of anilines is 1. The van der Waals surface area contributed by atoms with Crippen LogP contribution in [-0.2, 0) is 12.8 Å². The highest BCUT2D eigenvalue weighted by Gasteiger charge is 2.15. The Morgan fingerprint density at radius 3 is 2.36 bits per heavy atom. The van der Waals surface area contributed by atoms with Gasteiger partial charge < -0.3 is 5.32 Å². The van der Waals surface area contributed by atoms with Crippen LogP contribution in [-0.4, -0.2) is 15.7 Å². The van der Waals surface area contributed by atoms with Crippen LogP contribution in [0.5, 0.6) is 0 Å². The summed E-state index contributed by atoms with van der Waals surface area (Å²) in [6.45, 7) is 4.11. The van der Waals surface area contributed by atoms with E-state index in [0.717, 1.165) is 29.7 Å². The van der Waals surface area contributed by atoms with Gasteiger partial charge >= 0.3 is 0 Å². The Morgan fingerprint density at radius 2 is 1.72 bits per heavy atom. The topological polar surface area (TPSA) is 46.9 Å². The third-order valence-electron chi connectivity index (χ3n) is 4.16. The zero-order valence-electron chi connectivity index (χ0n) is 14.3. The maximum atomic E-state index is 13.9. The van der Waals surface area contributed by atoms with Crippen LogP contribution >= 0.6 is 0 Å². The number of nitrogens with zero attached hydrogens (tertiary/aromatic N) is 2. The summed E-state index contributed by atoms with van der Waals surface area (Å²) in [6, 6.07) is 13.9. The molecule has 0 aliphatic rings. The molecule has 0 radical (unpaired) electrons. The fraction of sp³-hybridized carbons (Fsp3) is 0.200. The number of carbonyl (C=O) groups is 1. The molecule has 25 heavy (non-hydrogen) atoms. The second kappa shape index (κ2) is 7.30. The summed E-state index contributed by atoms with van der Waals surface area (Å²) in [4.78, 5) is 12.6. The van der Waals surface area contributed by atoms with E-state index in [4.69, 9.17) is 0 Å². The van der Waals surface area contributed by atoms with E-state index in [1.165, 1.54) is 10.7 Å². The summed E-state index contributed by atoms with van der Waals surface area (Å²) in [5, 5.41) is 7.18. The average Bonchev–Trinajstić information content (AvgIpc) is 3.12. The van der Waals surface area contributed by atoms with Gasteiger partial charge in [0.25, 0.3) is 5.91 Å². The van der Waals surface area contributed by atoms with Crippen molar-refractivity contribution in [3.63, 3.8) is 0 Å². The van der Waals surface area contributed by atoms with Crippen LogP contribution in [0, 0.1) is 5.82 Å². The molecular formula is C20H20FN3O. The number of nitrogens with one attached hydrogen (secondary N) is 1. The maximum absolute atomic E-state index is 13.9. The molecule has 0 bridgehead atoms. The lowest BCUT2D eigenvalue weighted by Crippen LogP contribution is -2.16. The summed E-state index contributed by atoms with van der Waals surface area (Å²) in [5.74, 6) is -0.687. The molecule has 3 aromatic rings. The molecule has 0 unspecified atom stereocenters. The molecule has 1 aromatic heterocycles. The molecule has 0 saturated heterocycles. The van der Waals surface area contributed by atoms with Crippen LogP contribution in [0.4, 0.5) is 10.1 Å². The van der Waals surface area contributed by atoms with Crippen LogP contribution in [0.2, 0.25) is 0 Å². The molecule has 0 fully saturated rings. The van der Waals surface area contributed by atoms with E-state index in [-0.39, 0.29) is 17.4 Å². The number of para-hydroxylation sites is 2. The van der Waals surface area contributed by atoms with Crippen LogP contribution in [0.3, 0.4) is 0 Å². The van der Waals surface area contributed by atoms with Crippen LogP contribution in [0.15, 0.2) is 54.7 Å². The highest BCUT2D eigenvalue weighted by atomic mass is 19.1. The fourth-order valence-corrected chi connectivity index (χ4v) is 2.80. The first-order valence-electron chi connectivity index (χ1n) is 8.36. The van der Waals surface area contributed by atoms with Crippen molar-refractivity contribution >= 4 is 11.6 Å². The smallest absolute Gasteiger partial charge is 0.276 e. The van der Waals surface area contributed by atoms with Crippen LogP contribution in [0.1, 0.15) is 35.5 Å². The van der Waals surface area contributed by atoms with Gasteiger partial charge in [0, 0.05) is 11.9 Å². The molecule has 0 aliphatic heterocycles. The molecule has 0 atom stereocenters. The SMILES string of the molecule is CCc1cccc(CC)c1NC(=O)c1ccn(-c2ccccc2F)n1. The minimum Gasteiger partial charge on any atom is -0.320 e. The normalized spacial score (nSPS) is 10.7. The monoisotopic (exact) mass is 337 g/mol. The summed E-state index contributed by atoms with van der Waals surface area (Å²) in [7, 11) is 0. The summed E-state index contributed by atoms with van der Waals surface area (Å²) in [5.41, 5.74) is 3.57. The fourth-order valence-electron chi connectivity index (χ4n) is 2.80. The van der Waals surface area contributed by atoms with Gasteiger partial charge in [-0.15, -0.1) is 0 Å². The summed E-state index contributed by atoms with van der Waals surface area (Å²) in [6.07, 6.45) is 3.24. The first kappa shape index (κ1) is 16.9. The molecular weight excluding hydrogens is 317 g/mol. The maximum Gasteiger partial charge on any atom is 0.276 e. The van der Waals surface area contributed by atoms with E-state index in [2.05, 4.69) is 24.3 Å². The van der Waals surface area contributed by atoms with E-state index in [1.807, 2.05) is 18.2 Å². The first-order chi connectivity index (χ1) is 12.1. The summed E-state index contributed by atoms with van der Waals surface area (Å²) < 4.78 is 15.2. The second-order valence-corrected chi connectivity index (χ2v) is 5.71. The van der Waals surface area contributed by atoms with Crippen molar-refractivity contribution in [3.05, 3.63) is 77.4 Å². The molecule has 128 valence electrons. The van der Waals surface area contributed by atoms with Crippen molar-refractivity contribution in [1.29, 1.82) is 0 Å². The molecule has 5 heteroatoms. The largest absolute Gasteiger partial charge is 0.320 e. The van der Waals surface area contributed by atoms with Crippen molar-refractivity contribution in [2.45, 2.75) is 26.7 Å². The molecule has 4 nitrogen and oxygen atoms in total. The molecule has 2 aromatic carbocycles. The number of rotatable bonds is 5. The number of carbonyl (C=O) groups excluding carboxylic acids is 1. The number of halogens is 1. The van der Waals surface area contributed by atoms with E-state index >= 15 is 0 Å². The Hall–Kier alpha value is -2.95. The highest BCUT2D eigenvalue weighted by molar-refractivity contribution is 6.03. The lowest BCUT2D eigenvalue weighted by molar-refractivity contribution is 0.102. The number of hydrogen-bond acceptors (Lipinski definition) is 2. The third-order valence-corrected chi connectivity index (χ3v) is 4.16. The molecule has 1 N–H and O–H groups in total. The molecule has 1 amide bonds. The molecule has 0 saturated carbocycles. The quantitative estimate of drug-likeness (QED) is 0.750. The molecule has 3 rings (SSSR count). The van der Waals surface area contributed by atoms with Gasteiger partial charge in [0.05, 0.1) is 0 Å². The Kier molecular flexibility index (Phi) is 4.93. The first-order valence-corrected chi connectivity index (χ1v) is 8.36. The van der Waals surface area contributed by atoms with Crippen LogP contribution < -0.4 is 5.32 Å². The van der Waals surface area contributed by atoms with E-state index in [9.17, 15) is 9.18 Å². The number of aryl methyl sites for hydroxylation is 2. The molecule has 0 spiro atoms. The van der Waals surface area contributed by atoms with Gasteiger partial charge in [-0.3, -0.25) is 4.79 Å². The van der Waals surface area contributed by atoms with Crippen LogP contribution in [0.25, 0.3) is 5.69 Å². The minimum absolute atomic E-state index is 0.246. The van der Waals surface area contributed by atoms with Gasteiger partial charge in [-0.1, -0.05) is 44.2 Å². The van der Waals surface area contributed by atoms with Gasteiger partial charge in [0.1, 0.15) is 11.5 Å². The molecule has 1 heterocycles. The van der Waals surface area contributed by atoms with Gasteiger partial charge in [-0.25, -0.2) is 9.07 Å². The van der Waals surface area contributed by atoms with Gasteiger partial charge in [-0.2, -0.15) is 5.10 Å². The lowest BCUT2D eigenvalue weighted by Gasteiger charge is -2.13. The van der Waals surface area contributed by atoms with Crippen molar-refractivity contribution in [3.8, 4) is 5.69 Å². The zero-order chi connectivity index (χ0) is 17.8. The number of amides is 1. The van der Waals surface area contributed by atoms with E-state index in [0.29, 0.717) is 5.69 Å². The zero-order valence-corrected chi connectivity index (χ0v) is 14.3. The Balaban J connectivity index is 1.88. The standard InChI is InChI=1S/C20H20FN3O/c1-3-14-8-7-9-15(4-2)19(14)22-20(25)17-12-13-24(23-17)18-11-6-5-10-16(18)21/h5-13H,3-4H2,1-2H3,(H,22,25). The van der Waals surface area contributed by atoms with E-state index < -0.39 is 0 Å². The van der Waals surface area contributed by atoms with Crippen molar-refractivity contribution < 1.29 is 9.18 Å².